The Morgan fingerprint density at radius 1 is 1.07 bits per heavy atom. The number of rotatable bonds is 8. The molecule has 3 fully saturated rings. The molecule has 0 radical (unpaired) electrons. The lowest BCUT2D eigenvalue weighted by molar-refractivity contribution is -0.145. The van der Waals surface area contributed by atoms with Crippen molar-refractivity contribution in [1.29, 1.82) is 0 Å². The fraction of sp³-hybridized carbons (Fsp3) is 0.438. The normalized spacial score (nSPS) is 23.3. The van der Waals surface area contributed by atoms with Crippen LogP contribution in [0.2, 0.25) is 0 Å². The molecule has 2 saturated heterocycles. The van der Waals surface area contributed by atoms with E-state index in [9.17, 15) is 17.6 Å². The highest BCUT2D eigenvalue weighted by atomic mass is 32.2. The second-order valence-corrected chi connectivity index (χ2v) is 14.5. The molecule has 2 aliphatic carbocycles. The lowest BCUT2D eigenvalue weighted by atomic mass is 9.74. The first kappa shape index (κ1) is 28.2. The Morgan fingerprint density at radius 2 is 1.84 bits per heavy atom. The summed E-state index contributed by atoms with van der Waals surface area (Å²) in [6.45, 7) is 6.22. The van der Waals surface area contributed by atoms with E-state index in [0.29, 0.717) is 60.9 Å². The first-order chi connectivity index (χ1) is 20.5. The van der Waals surface area contributed by atoms with Gasteiger partial charge in [0.05, 0.1) is 18.8 Å². The third kappa shape index (κ3) is 4.86. The minimum Gasteiger partial charge on any atom is -0.473 e. The van der Waals surface area contributed by atoms with Crippen molar-refractivity contribution in [3.63, 3.8) is 0 Å². The number of esters is 1. The molecular formula is C32H33F2N3O5S. The van der Waals surface area contributed by atoms with Crippen molar-refractivity contribution >= 4 is 21.7 Å². The molecule has 0 amide bonds. The van der Waals surface area contributed by atoms with E-state index >= 15 is 4.39 Å². The Morgan fingerprint density at radius 3 is 2.53 bits per heavy atom. The van der Waals surface area contributed by atoms with E-state index in [1.807, 2.05) is 17.0 Å². The van der Waals surface area contributed by atoms with Crippen LogP contribution >= 0.6 is 0 Å². The zero-order valence-corrected chi connectivity index (χ0v) is 25.1. The first-order valence-corrected chi connectivity index (χ1v) is 16.4. The lowest BCUT2D eigenvalue weighted by Gasteiger charge is -2.60. The number of aryl methyl sites for hydroxylation is 1. The summed E-state index contributed by atoms with van der Waals surface area (Å²) in [5.41, 5.74) is 4.68. The highest BCUT2D eigenvalue weighted by Gasteiger charge is 2.60. The molecule has 1 spiro atoms. The van der Waals surface area contributed by atoms with Crippen molar-refractivity contribution in [3.8, 4) is 17.0 Å². The molecule has 2 aliphatic heterocycles. The number of benzene rings is 2. The van der Waals surface area contributed by atoms with Gasteiger partial charge in [-0.3, -0.25) is 4.79 Å². The molecule has 1 aromatic heterocycles. The van der Waals surface area contributed by atoms with Crippen LogP contribution in [0.25, 0.3) is 11.1 Å². The van der Waals surface area contributed by atoms with Gasteiger partial charge in [-0.25, -0.2) is 26.5 Å². The van der Waals surface area contributed by atoms with E-state index in [-0.39, 0.29) is 35.7 Å². The number of carbonyl (C=O) groups excluding carboxylic acids is 1. The van der Waals surface area contributed by atoms with Crippen LogP contribution in [0.5, 0.6) is 5.88 Å². The van der Waals surface area contributed by atoms with Gasteiger partial charge in [-0.2, -0.15) is 0 Å². The number of hydrogen-bond donors (Lipinski definition) is 0. The Kier molecular flexibility index (Phi) is 6.55. The number of carbonyl (C=O) groups is 1. The summed E-state index contributed by atoms with van der Waals surface area (Å²) in [5, 5.41) is 0. The summed E-state index contributed by atoms with van der Waals surface area (Å²) in [5.74, 6) is -0.309. The molecule has 3 atom stereocenters. The topological polar surface area (TPSA) is 89.0 Å². The van der Waals surface area contributed by atoms with Crippen molar-refractivity contribution in [2.75, 3.05) is 43.9 Å². The average Bonchev–Trinajstić information content (AvgIpc) is 3.48. The van der Waals surface area contributed by atoms with Gasteiger partial charge >= 0.3 is 5.97 Å². The summed E-state index contributed by atoms with van der Waals surface area (Å²) in [7, 11) is -3.18. The van der Waals surface area contributed by atoms with Gasteiger partial charge in [0.2, 0.25) is 15.9 Å². The lowest BCUT2D eigenvalue weighted by Crippen LogP contribution is -2.72. The molecule has 226 valence electrons. The monoisotopic (exact) mass is 609 g/mol. The van der Waals surface area contributed by atoms with Crippen LogP contribution in [0.4, 0.5) is 14.5 Å². The maximum absolute atomic E-state index is 15.4. The first-order valence-electron chi connectivity index (χ1n) is 14.5. The fourth-order valence-electron chi connectivity index (χ4n) is 7.18. The van der Waals surface area contributed by atoms with E-state index in [0.717, 1.165) is 23.2 Å². The third-order valence-corrected chi connectivity index (χ3v) is 10.7. The van der Waals surface area contributed by atoms with Crippen LogP contribution in [0.1, 0.15) is 35.1 Å². The van der Waals surface area contributed by atoms with Crippen LogP contribution in [-0.2, 0) is 32.6 Å². The number of nitrogens with zero attached hydrogens (tertiary/aromatic N) is 3. The van der Waals surface area contributed by atoms with Crippen LogP contribution in [-0.4, -0.2) is 62.7 Å². The minimum absolute atomic E-state index is 0.0557. The molecular weight excluding hydrogens is 576 g/mol. The minimum atomic E-state index is -3.18. The van der Waals surface area contributed by atoms with Gasteiger partial charge in [0.15, 0.2) is 0 Å². The third-order valence-electron chi connectivity index (χ3n) is 9.46. The summed E-state index contributed by atoms with van der Waals surface area (Å²) in [4.78, 5) is 18.6. The van der Waals surface area contributed by atoms with Gasteiger partial charge < -0.3 is 14.4 Å². The SMILES string of the molecule is CCOC(=O)[C@H]1[C@@H]2Cc3cc(OCc4cc(-c5ccc(N6CC7(C6)CN(S(C)(=O)=O)C7)cc5F)c(C)cc4F)ncc3[C@@H]21. The average molecular weight is 610 g/mol. The Bertz CT molecular complexity index is 1750. The summed E-state index contributed by atoms with van der Waals surface area (Å²) < 4.78 is 66.3. The van der Waals surface area contributed by atoms with Crippen LogP contribution in [0.15, 0.2) is 42.6 Å². The maximum Gasteiger partial charge on any atom is 0.309 e. The predicted molar refractivity (Wildman–Crippen MR) is 156 cm³/mol. The quantitative estimate of drug-likeness (QED) is 0.349. The van der Waals surface area contributed by atoms with Gasteiger partial charge in [-0.1, -0.05) is 0 Å². The van der Waals surface area contributed by atoms with Gasteiger partial charge in [-0.05, 0) is 78.8 Å². The second kappa shape index (κ2) is 9.99. The summed E-state index contributed by atoms with van der Waals surface area (Å²) >= 11 is 0. The second-order valence-electron chi connectivity index (χ2n) is 12.5. The number of anilines is 1. The number of pyridine rings is 1. The van der Waals surface area contributed by atoms with Crippen molar-refractivity contribution < 1.29 is 31.5 Å². The van der Waals surface area contributed by atoms with Crippen molar-refractivity contribution in [2.45, 2.75) is 32.8 Å². The molecule has 1 saturated carbocycles. The molecule has 0 N–H and O–H groups in total. The van der Waals surface area contributed by atoms with Crippen molar-refractivity contribution in [1.82, 2.24) is 9.29 Å². The van der Waals surface area contributed by atoms with Crippen LogP contribution < -0.4 is 9.64 Å². The standard InChI is InChI=1S/C32H33F2N3O5S/c1-4-41-31(38)30-24-8-19-10-28(35-12-25(19)29(24)30)42-13-20-9-23(18(2)7-26(20)33)22-6-5-21(11-27(22)34)36-14-32(15-36)16-37(17-32)43(3,39)40/h5-7,9-12,24,29-30H,4,8,13-17H2,1-3H3/t24-,29-,30+/m1/s1. The van der Waals surface area contributed by atoms with Crippen molar-refractivity contribution in [3.05, 3.63) is 76.5 Å². The van der Waals surface area contributed by atoms with Gasteiger partial charge in [0.25, 0.3) is 0 Å². The van der Waals surface area contributed by atoms with Crippen LogP contribution in [0.3, 0.4) is 0 Å². The smallest absolute Gasteiger partial charge is 0.309 e. The number of halogens is 2. The highest BCUT2D eigenvalue weighted by Crippen LogP contribution is 2.61. The Balaban J connectivity index is 1.02. The molecule has 3 heterocycles. The number of hydrogen-bond acceptors (Lipinski definition) is 7. The van der Waals surface area contributed by atoms with Gasteiger partial charge in [0.1, 0.15) is 18.2 Å². The molecule has 4 aliphatic rings. The molecule has 2 aromatic carbocycles. The number of fused-ring (bicyclic) bond motifs is 3. The maximum atomic E-state index is 15.4. The number of ether oxygens (including phenoxy) is 2. The van der Waals surface area contributed by atoms with E-state index in [1.54, 1.807) is 32.2 Å². The number of sulfonamides is 1. The van der Waals surface area contributed by atoms with E-state index in [4.69, 9.17) is 9.47 Å². The molecule has 0 unspecified atom stereocenters. The Labute approximate surface area is 249 Å². The van der Waals surface area contributed by atoms with Gasteiger partial charge in [0, 0.05) is 66.6 Å². The molecule has 3 aromatic rings. The van der Waals surface area contributed by atoms with E-state index in [1.165, 1.54) is 22.7 Å². The molecule has 43 heavy (non-hydrogen) atoms. The summed E-state index contributed by atoms with van der Waals surface area (Å²) in [6, 6.07) is 9.92. The zero-order chi connectivity index (χ0) is 30.3. The van der Waals surface area contributed by atoms with E-state index < -0.39 is 21.7 Å². The molecule has 7 rings (SSSR count). The summed E-state index contributed by atoms with van der Waals surface area (Å²) in [6.07, 6.45) is 3.72. The zero-order valence-electron chi connectivity index (χ0n) is 24.3. The van der Waals surface area contributed by atoms with Gasteiger partial charge in [-0.15, -0.1) is 0 Å². The van der Waals surface area contributed by atoms with Crippen LogP contribution in [0, 0.1) is 35.8 Å². The largest absolute Gasteiger partial charge is 0.473 e. The van der Waals surface area contributed by atoms with E-state index in [2.05, 4.69) is 4.98 Å². The fourth-order valence-corrected chi connectivity index (χ4v) is 8.20. The number of aromatic nitrogens is 1. The van der Waals surface area contributed by atoms with Crippen molar-refractivity contribution in [2.24, 2.45) is 17.3 Å². The molecule has 0 bridgehead atoms. The highest BCUT2D eigenvalue weighted by molar-refractivity contribution is 7.88. The predicted octanol–water partition coefficient (Wildman–Crippen LogP) is 4.44. The molecule has 8 nitrogen and oxygen atoms in total. The Hall–Kier alpha value is -3.57. The molecule has 11 heteroatoms.